The van der Waals surface area contributed by atoms with Crippen LogP contribution >= 0.6 is 31.9 Å². The maximum atomic E-state index is 12.1. The van der Waals surface area contributed by atoms with Crippen LogP contribution in [0.4, 0.5) is 0 Å². The number of halogens is 2. The number of benzene rings is 1. The Bertz CT molecular complexity index is 608. The summed E-state index contributed by atoms with van der Waals surface area (Å²) in [6, 6.07) is 9.26. The van der Waals surface area contributed by atoms with Gasteiger partial charge in [-0.25, -0.2) is 4.98 Å². The van der Waals surface area contributed by atoms with E-state index in [1.807, 2.05) is 47.2 Å². The fourth-order valence-electron chi connectivity index (χ4n) is 1.62. The Morgan fingerprint density at radius 2 is 2.00 bits per heavy atom. The van der Waals surface area contributed by atoms with E-state index in [1.54, 1.807) is 12.4 Å². The van der Waals surface area contributed by atoms with Gasteiger partial charge in [-0.05, 0) is 37.9 Å². The molecule has 3 nitrogen and oxygen atoms in total. The van der Waals surface area contributed by atoms with Gasteiger partial charge >= 0.3 is 0 Å². The van der Waals surface area contributed by atoms with Crippen LogP contribution in [0, 0.1) is 0 Å². The van der Waals surface area contributed by atoms with Crippen LogP contribution in [0.5, 0.6) is 0 Å². The lowest BCUT2D eigenvalue weighted by Gasteiger charge is -1.98. The topological polar surface area (TPSA) is 33.8 Å². The highest BCUT2D eigenvalue weighted by molar-refractivity contribution is 9.28. The Morgan fingerprint density at radius 1 is 1.26 bits per heavy atom. The molecule has 0 saturated carbocycles. The summed E-state index contributed by atoms with van der Waals surface area (Å²) >= 11 is 6.57. The van der Waals surface area contributed by atoms with Gasteiger partial charge in [-0.1, -0.05) is 30.3 Å². The Kier molecular flexibility index (Phi) is 4.99. The molecule has 0 saturated heterocycles. The average molecular weight is 383 g/mol. The lowest BCUT2D eigenvalue weighted by atomic mass is 10.1. The maximum absolute atomic E-state index is 12.1. The number of nitrogens with zero attached hydrogens (tertiary/aromatic N) is 2. The van der Waals surface area contributed by atoms with Crippen LogP contribution in [0.3, 0.4) is 0 Å². The van der Waals surface area contributed by atoms with Crippen LogP contribution in [-0.4, -0.2) is 10.8 Å². The predicted molar refractivity (Wildman–Crippen MR) is 81.0 cm³/mol. The summed E-state index contributed by atoms with van der Waals surface area (Å²) in [5.41, 5.74) is 1.48. The number of carbonyl (C=O) groups excluding carboxylic acids is 1. The van der Waals surface area contributed by atoms with Gasteiger partial charge in [0.25, 0.3) is 0 Å². The Hall–Kier alpha value is -1.33. The monoisotopic (exact) mass is 381 g/mol. The number of hydrogen-bond donors (Lipinski definition) is 0. The summed E-state index contributed by atoms with van der Waals surface area (Å²) in [6.45, 7) is 0.299. The number of Topliss-reactive ketones (excluding diaryl/α,β-unsaturated/α-hetero) is 1. The van der Waals surface area contributed by atoms with Crippen molar-refractivity contribution in [3.63, 3.8) is 0 Å². The van der Waals surface area contributed by atoms with Gasteiger partial charge in [0.05, 0.1) is 9.59 Å². The number of carbonyl (C=O) groups is 1. The van der Waals surface area contributed by atoms with E-state index in [0.717, 1.165) is 9.09 Å². The van der Waals surface area contributed by atoms with Crippen molar-refractivity contribution < 1.29 is 9.36 Å². The minimum atomic E-state index is 0.0737. The van der Waals surface area contributed by atoms with Crippen molar-refractivity contribution in [1.29, 1.82) is 0 Å². The molecule has 1 heterocycles. The molecule has 1 aromatic carbocycles. The van der Waals surface area contributed by atoms with Crippen molar-refractivity contribution in [2.24, 2.45) is 0 Å². The molecule has 96 valence electrons. The molecular weight excluding hydrogens is 372 g/mol. The largest absolute Gasteiger partial charge is 0.287 e. The van der Waals surface area contributed by atoms with Gasteiger partial charge < -0.3 is 0 Å². The molecule has 0 aliphatic rings. The first-order valence-electron chi connectivity index (χ1n) is 5.61. The zero-order valence-corrected chi connectivity index (χ0v) is 13.1. The van der Waals surface area contributed by atoms with E-state index >= 15 is 0 Å². The number of hydrogen-bond acceptors (Lipinski definition) is 2. The molecule has 1 aromatic heterocycles. The normalized spacial score (nSPS) is 10.0. The molecule has 19 heavy (non-hydrogen) atoms. The standard InChI is InChI=1S/C14H11Br2N2O/c15-14(16)8-12-9-18(7-6-17-12)10-13(19)11-4-2-1-3-5-11/h1-9H,10H2/q+1. The van der Waals surface area contributed by atoms with Gasteiger partial charge in [0.1, 0.15) is 5.69 Å². The van der Waals surface area contributed by atoms with Crippen molar-refractivity contribution in [3.05, 3.63) is 63.6 Å². The molecule has 0 aliphatic carbocycles. The Morgan fingerprint density at radius 3 is 2.68 bits per heavy atom. The van der Waals surface area contributed by atoms with Crippen molar-refractivity contribution >= 4 is 43.7 Å². The first-order chi connectivity index (χ1) is 9.15. The third kappa shape index (κ3) is 4.36. The minimum absolute atomic E-state index is 0.0737. The van der Waals surface area contributed by atoms with Crippen molar-refractivity contribution in [1.82, 2.24) is 4.98 Å². The maximum Gasteiger partial charge on any atom is 0.227 e. The molecule has 2 aromatic rings. The number of ketones is 1. The first-order valence-corrected chi connectivity index (χ1v) is 7.20. The van der Waals surface area contributed by atoms with E-state index in [1.165, 1.54) is 0 Å². The van der Waals surface area contributed by atoms with Crippen LogP contribution in [0.2, 0.25) is 0 Å². The van der Waals surface area contributed by atoms with E-state index < -0.39 is 0 Å². The summed E-state index contributed by atoms with van der Waals surface area (Å²) < 4.78 is 2.62. The molecule has 0 amide bonds. The molecule has 0 atom stereocenters. The van der Waals surface area contributed by atoms with Crippen LogP contribution in [0.1, 0.15) is 16.1 Å². The summed E-state index contributed by atoms with van der Waals surface area (Å²) in [6.07, 6.45) is 7.10. The van der Waals surface area contributed by atoms with Gasteiger partial charge in [0.2, 0.25) is 12.3 Å². The molecule has 0 aliphatic heterocycles. The molecule has 2 rings (SSSR count). The van der Waals surface area contributed by atoms with E-state index in [0.29, 0.717) is 12.1 Å². The van der Waals surface area contributed by atoms with Crippen LogP contribution in [0.15, 0.2) is 52.3 Å². The van der Waals surface area contributed by atoms with Gasteiger partial charge in [-0.3, -0.25) is 4.79 Å². The van der Waals surface area contributed by atoms with Crippen molar-refractivity contribution in [2.45, 2.75) is 6.54 Å². The predicted octanol–water partition coefficient (Wildman–Crippen LogP) is 3.34. The van der Waals surface area contributed by atoms with Gasteiger partial charge in [0, 0.05) is 5.56 Å². The SMILES string of the molecule is O=C(C[n+]1ccnc(C=C(Br)Br)c1)c1ccccc1. The van der Waals surface area contributed by atoms with Crippen molar-refractivity contribution in [2.75, 3.05) is 0 Å². The lowest BCUT2D eigenvalue weighted by molar-refractivity contribution is -0.683. The molecule has 0 spiro atoms. The van der Waals surface area contributed by atoms with Crippen LogP contribution in [-0.2, 0) is 6.54 Å². The van der Waals surface area contributed by atoms with E-state index in [9.17, 15) is 4.79 Å². The Labute approximate surface area is 128 Å². The summed E-state index contributed by atoms with van der Waals surface area (Å²) in [7, 11) is 0. The molecule has 0 bridgehead atoms. The summed E-state index contributed by atoms with van der Waals surface area (Å²) in [5, 5.41) is 0. The fraction of sp³-hybridized carbons (Fsp3) is 0.0714. The molecule has 5 heteroatoms. The third-order valence-corrected chi connectivity index (χ3v) is 2.92. The van der Waals surface area contributed by atoms with E-state index in [4.69, 9.17) is 0 Å². The second-order valence-corrected chi connectivity index (χ2v) is 6.65. The molecule has 0 radical (unpaired) electrons. The van der Waals surface area contributed by atoms with Gasteiger partial charge in [0.15, 0.2) is 12.4 Å². The molecule has 0 unspecified atom stereocenters. The highest BCUT2D eigenvalue weighted by Gasteiger charge is 2.12. The smallest absolute Gasteiger partial charge is 0.227 e. The van der Waals surface area contributed by atoms with E-state index in [2.05, 4.69) is 36.8 Å². The van der Waals surface area contributed by atoms with E-state index in [-0.39, 0.29) is 5.78 Å². The molecule has 0 fully saturated rings. The third-order valence-electron chi connectivity index (χ3n) is 2.46. The second-order valence-electron chi connectivity index (χ2n) is 3.88. The summed E-state index contributed by atoms with van der Waals surface area (Å²) in [5.74, 6) is 0.0737. The highest BCUT2D eigenvalue weighted by atomic mass is 79.9. The van der Waals surface area contributed by atoms with Crippen LogP contribution in [0.25, 0.3) is 6.08 Å². The lowest BCUT2D eigenvalue weighted by Crippen LogP contribution is -2.37. The summed E-state index contributed by atoms with van der Waals surface area (Å²) in [4.78, 5) is 16.3. The first kappa shape index (κ1) is 14.1. The number of rotatable bonds is 4. The zero-order chi connectivity index (χ0) is 13.7. The molecule has 0 N–H and O–H groups in total. The number of aromatic nitrogens is 2. The Balaban J connectivity index is 2.16. The highest BCUT2D eigenvalue weighted by Crippen LogP contribution is 2.15. The van der Waals surface area contributed by atoms with Crippen LogP contribution < -0.4 is 4.57 Å². The minimum Gasteiger partial charge on any atom is -0.287 e. The second kappa shape index (κ2) is 6.73. The van der Waals surface area contributed by atoms with Gasteiger partial charge in [-0.2, -0.15) is 4.57 Å². The molecular formula is C14H11Br2N2O+. The fourth-order valence-corrected chi connectivity index (χ4v) is 2.09. The van der Waals surface area contributed by atoms with Crippen molar-refractivity contribution in [3.8, 4) is 0 Å². The van der Waals surface area contributed by atoms with Gasteiger partial charge in [-0.15, -0.1) is 0 Å². The zero-order valence-electron chi connectivity index (χ0n) is 9.96. The quantitative estimate of drug-likeness (QED) is 0.600. The average Bonchev–Trinajstić information content (AvgIpc) is 2.39.